The average Bonchev–Trinajstić information content (AvgIpc) is 2.96. The lowest BCUT2D eigenvalue weighted by Gasteiger charge is -2.33. The fraction of sp³-hybridized carbons (Fsp3) is 0.310. The molecule has 2 amide bonds. The van der Waals surface area contributed by atoms with Gasteiger partial charge in [-0.25, -0.2) is 12.8 Å². The zero-order valence-corrected chi connectivity index (χ0v) is 23.2. The molecule has 3 aromatic carbocycles. The van der Waals surface area contributed by atoms with E-state index in [1.165, 1.54) is 48.4 Å². The van der Waals surface area contributed by atoms with Crippen molar-refractivity contribution < 1.29 is 27.1 Å². The number of amides is 2. The lowest BCUT2D eigenvalue weighted by Crippen LogP contribution is -2.52. The summed E-state index contributed by atoms with van der Waals surface area (Å²) in [4.78, 5) is 28.4. The van der Waals surface area contributed by atoms with Gasteiger partial charge in [0.2, 0.25) is 11.8 Å². The van der Waals surface area contributed by atoms with Crippen molar-refractivity contribution in [3.63, 3.8) is 0 Å². The van der Waals surface area contributed by atoms with Gasteiger partial charge >= 0.3 is 0 Å². The minimum absolute atomic E-state index is 0.000990. The lowest BCUT2D eigenvalue weighted by atomic mass is 10.1. The third kappa shape index (κ3) is 7.57. The molecule has 0 aliphatic heterocycles. The normalized spacial score (nSPS) is 11.9. The molecule has 10 heteroatoms. The van der Waals surface area contributed by atoms with E-state index in [0.717, 1.165) is 4.31 Å². The third-order valence-corrected chi connectivity index (χ3v) is 7.96. The van der Waals surface area contributed by atoms with Crippen molar-refractivity contribution in [1.29, 1.82) is 0 Å². The number of carbonyl (C=O) groups is 2. The number of halogens is 1. The number of methoxy groups -OCH3 is 1. The summed E-state index contributed by atoms with van der Waals surface area (Å²) >= 11 is 0. The molecule has 208 valence electrons. The zero-order chi connectivity index (χ0) is 28.4. The van der Waals surface area contributed by atoms with Crippen LogP contribution < -0.4 is 14.4 Å². The van der Waals surface area contributed by atoms with Gasteiger partial charge in [-0.05, 0) is 66.9 Å². The first-order valence-electron chi connectivity index (χ1n) is 12.7. The Hall–Kier alpha value is -3.92. The molecule has 0 saturated heterocycles. The van der Waals surface area contributed by atoms with Crippen molar-refractivity contribution in [1.82, 2.24) is 10.2 Å². The smallest absolute Gasteiger partial charge is 0.264 e. The number of hydrogen-bond donors (Lipinski definition) is 1. The van der Waals surface area contributed by atoms with Crippen molar-refractivity contribution in [2.24, 2.45) is 0 Å². The highest BCUT2D eigenvalue weighted by Crippen LogP contribution is 2.26. The van der Waals surface area contributed by atoms with Gasteiger partial charge in [0.1, 0.15) is 24.2 Å². The van der Waals surface area contributed by atoms with E-state index in [-0.39, 0.29) is 23.0 Å². The molecule has 1 N–H and O–H groups in total. The summed E-state index contributed by atoms with van der Waals surface area (Å²) in [5.74, 6) is -0.812. The number of anilines is 1. The van der Waals surface area contributed by atoms with E-state index in [4.69, 9.17) is 4.74 Å². The van der Waals surface area contributed by atoms with Crippen LogP contribution in [0, 0.1) is 5.82 Å². The van der Waals surface area contributed by atoms with Crippen LogP contribution in [-0.2, 0) is 26.2 Å². The molecule has 0 unspecified atom stereocenters. The Balaban J connectivity index is 2.03. The number of nitrogens with one attached hydrogen (secondary N) is 1. The van der Waals surface area contributed by atoms with Crippen LogP contribution in [0.25, 0.3) is 0 Å². The fourth-order valence-corrected chi connectivity index (χ4v) is 5.50. The summed E-state index contributed by atoms with van der Waals surface area (Å²) in [5.41, 5.74) is 0.867. The van der Waals surface area contributed by atoms with E-state index in [1.54, 1.807) is 49.4 Å². The second-order valence-electron chi connectivity index (χ2n) is 8.89. The Kier molecular flexibility index (Phi) is 10.4. The molecular formula is C29H34FN3O5S. The molecule has 0 spiro atoms. The number of hydrogen-bond acceptors (Lipinski definition) is 5. The summed E-state index contributed by atoms with van der Waals surface area (Å²) < 4.78 is 47.3. The second kappa shape index (κ2) is 13.7. The molecule has 0 saturated carbocycles. The van der Waals surface area contributed by atoms with Crippen molar-refractivity contribution in [2.75, 3.05) is 24.5 Å². The highest BCUT2D eigenvalue weighted by molar-refractivity contribution is 7.92. The standard InChI is InChI=1S/C29H34FN3O5S/c1-4-19-31-29(35)27(5-2)32(20-22-11-13-23(30)14-12-22)28(34)21-33(24-15-17-25(38-3)18-16-24)39(36,37)26-9-7-6-8-10-26/h6-18,27H,4-5,19-21H2,1-3H3,(H,31,35)/t27-/m0/s1. The van der Waals surface area contributed by atoms with Crippen LogP contribution >= 0.6 is 0 Å². The van der Waals surface area contributed by atoms with Gasteiger partial charge in [-0.15, -0.1) is 0 Å². The molecule has 39 heavy (non-hydrogen) atoms. The molecule has 1 atom stereocenters. The summed E-state index contributed by atoms with van der Waals surface area (Å²) in [6, 6.07) is 18.9. The van der Waals surface area contributed by atoms with E-state index in [2.05, 4.69) is 5.32 Å². The van der Waals surface area contributed by atoms with E-state index in [9.17, 15) is 22.4 Å². The molecule has 0 heterocycles. The molecule has 0 bridgehead atoms. The van der Waals surface area contributed by atoms with Gasteiger partial charge in [0.15, 0.2) is 0 Å². The quantitative estimate of drug-likeness (QED) is 0.338. The van der Waals surface area contributed by atoms with Crippen LogP contribution in [0.3, 0.4) is 0 Å². The van der Waals surface area contributed by atoms with Crippen LogP contribution in [0.2, 0.25) is 0 Å². The highest BCUT2D eigenvalue weighted by Gasteiger charge is 2.33. The maximum atomic E-state index is 13.9. The van der Waals surface area contributed by atoms with Gasteiger partial charge < -0.3 is 15.0 Å². The van der Waals surface area contributed by atoms with Gasteiger partial charge in [-0.1, -0.05) is 44.2 Å². The SMILES string of the molecule is CCCNC(=O)[C@H](CC)N(Cc1ccc(F)cc1)C(=O)CN(c1ccc(OC)cc1)S(=O)(=O)c1ccccc1. The van der Waals surface area contributed by atoms with Crippen molar-refractivity contribution >= 4 is 27.5 Å². The average molecular weight is 556 g/mol. The largest absolute Gasteiger partial charge is 0.497 e. The van der Waals surface area contributed by atoms with Gasteiger partial charge in [-0.2, -0.15) is 0 Å². The van der Waals surface area contributed by atoms with E-state index in [0.29, 0.717) is 30.7 Å². The number of sulfonamides is 1. The summed E-state index contributed by atoms with van der Waals surface area (Å²) in [6.07, 6.45) is 1.02. The summed E-state index contributed by atoms with van der Waals surface area (Å²) in [7, 11) is -2.65. The van der Waals surface area contributed by atoms with Crippen LogP contribution in [-0.4, -0.2) is 51.4 Å². The lowest BCUT2D eigenvalue weighted by molar-refractivity contribution is -0.140. The monoisotopic (exact) mass is 555 g/mol. The molecule has 0 fully saturated rings. The second-order valence-corrected chi connectivity index (χ2v) is 10.7. The number of rotatable bonds is 13. The van der Waals surface area contributed by atoms with Crippen molar-refractivity contribution in [3.8, 4) is 5.75 Å². The Morgan fingerprint density at radius 2 is 1.59 bits per heavy atom. The van der Waals surface area contributed by atoms with E-state index in [1.807, 2.05) is 6.92 Å². The van der Waals surface area contributed by atoms with Crippen molar-refractivity contribution in [2.45, 2.75) is 44.2 Å². The third-order valence-electron chi connectivity index (χ3n) is 6.17. The topological polar surface area (TPSA) is 96.0 Å². The summed E-state index contributed by atoms with van der Waals surface area (Å²) in [5, 5.41) is 2.83. The van der Waals surface area contributed by atoms with E-state index >= 15 is 0 Å². The van der Waals surface area contributed by atoms with Crippen LogP contribution in [0.5, 0.6) is 5.75 Å². The van der Waals surface area contributed by atoms with Gasteiger partial charge in [0, 0.05) is 13.1 Å². The van der Waals surface area contributed by atoms with Gasteiger partial charge in [-0.3, -0.25) is 13.9 Å². The van der Waals surface area contributed by atoms with E-state index < -0.39 is 34.3 Å². The predicted molar refractivity (Wildman–Crippen MR) is 148 cm³/mol. The van der Waals surface area contributed by atoms with Crippen LogP contribution in [0.15, 0.2) is 83.8 Å². The number of carbonyl (C=O) groups excluding carboxylic acids is 2. The van der Waals surface area contributed by atoms with Crippen molar-refractivity contribution in [3.05, 3.63) is 90.2 Å². The zero-order valence-electron chi connectivity index (χ0n) is 22.3. The maximum Gasteiger partial charge on any atom is 0.264 e. The minimum atomic E-state index is -4.15. The van der Waals surface area contributed by atoms with Gasteiger partial charge in [0.25, 0.3) is 10.0 Å². The Morgan fingerprint density at radius 1 is 0.949 bits per heavy atom. The van der Waals surface area contributed by atoms with Crippen LogP contribution in [0.1, 0.15) is 32.3 Å². The molecule has 3 aromatic rings. The fourth-order valence-electron chi connectivity index (χ4n) is 4.07. The predicted octanol–water partition coefficient (Wildman–Crippen LogP) is 4.36. The highest BCUT2D eigenvalue weighted by atomic mass is 32.2. The number of benzene rings is 3. The summed E-state index contributed by atoms with van der Waals surface area (Å²) in [6.45, 7) is 3.59. The first-order chi connectivity index (χ1) is 18.7. The first-order valence-corrected chi connectivity index (χ1v) is 14.2. The van der Waals surface area contributed by atoms with Gasteiger partial charge in [0.05, 0.1) is 17.7 Å². The molecule has 8 nitrogen and oxygen atoms in total. The number of ether oxygens (including phenoxy) is 1. The van der Waals surface area contributed by atoms with Crippen LogP contribution in [0.4, 0.5) is 10.1 Å². The number of nitrogens with zero attached hydrogens (tertiary/aromatic N) is 2. The molecule has 0 radical (unpaired) electrons. The minimum Gasteiger partial charge on any atom is -0.497 e. The maximum absolute atomic E-state index is 13.9. The molecule has 0 aromatic heterocycles. The first kappa shape index (κ1) is 29.6. The Morgan fingerprint density at radius 3 is 2.15 bits per heavy atom. The Bertz CT molecular complexity index is 1330. The Labute approximate surface area is 229 Å². The molecule has 0 aliphatic carbocycles. The molecule has 0 aliphatic rings. The molecular weight excluding hydrogens is 521 g/mol. The molecule has 3 rings (SSSR count).